The zero-order valence-corrected chi connectivity index (χ0v) is 16.4. The molecule has 6 heteroatoms. The van der Waals surface area contributed by atoms with Gasteiger partial charge in [0.1, 0.15) is 11.9 Å². The van der Waals surface area contributed by atoms with Gasteiger partial charge in [0.15, 0.2) is 0 Å². The average Bonchev–Trinajstić information content (AvgIpc) is 3.06. The maximum Gasteiger partial charge on any atom is 0.317 e. The first kappa shape index (κ1) is 18.0. The van der Waals surface area contributed by atoms with Crippen LogP contribution in [0.2, 0.25) is 0 Å². The molecule has 3 aliphatic rings. The number of fused-ring (bicyclic) bond motifs is 1. The zero-order chi connectivity index (χ0) is 17.9. The minimum absolute atomic E-state index is 0.0720. The van der Waals surface area contributed by atoms with Gasteiger partial charge in [-0.2, -0.15) is 11.8 Å². The van der Waals surface area contributed by atoms with Crippen LogP contribution in [0, 0.1) is 0 Å². The number of ether oxygens (including phenoxy) is 1. The number of hydrogen-bond acceptors (Lipinski definition) is 4. The maximum atomic E-state index is 12.5. The van der Waals surface area contributed by atoms with Gasteiger partial charge in [-0.3, -0.25) is 4.90 Å². The molecule has 2 saturated heterocycles. The summed E-state index contributed by atoms with van der Waals surface area (Å²) >= 11 is 2.06. The van der Waals surface area contributed by atoms with Crippen LogP contribution in [0.5, 0.6) is 5.75 Å². The SMILES string of the molecule is C[C@@H]1Cc2cc(CNC(=O)N3CCC(N4CCSCC4)CC3)ccc2O1. The van der Waals surface area contributed by atoms with Crippen LogP contribution in [-0.2, 0) is 13.0 Å². The quantitative estimate of drug-likeness (QED) is 0.882. The smallest absolute Gasteiger partial charge is 0.317 e. The van der Waals surface area contributed by atoms with Crippen LogP contribution >= 0.6 is 11.8 Å². The third-order valence-electron chi connectivity index (χ3n) is 5.72. The number of urea groups is 1. The molecule has 142 valence electrons. The Labute approximate surface area is 160 Å². The summed E-state index contributed by atoms with van der Waals surface area (Å²) in [6.07, 6.45) is 3.42. The second-order valence-electron chi connectivity index (χ2n) is 7.60. The molecular formula is C20H29N3O2S. The molecular weight excluding hydrogens is 346 g/mol. The number of nitrogens with zero attached hydrogens (tertiary/aromatic N) is 2. The van der Waals surface area contributed by atoms with E-state index in [4.69, 9.17) is 4.74 Å². The van der Waals surface area contributed by atoms with Crippen molar-refractivity contribution in [1.82, 2.24) is 15.1 Å². The molecule has 0 aromatic heterocycles. The largest absolute Gasteiger partial charge is 0.490 e. The molecule has 26 heavy (non-hydrogen) atoms. The lowest BCUT2D eigenvalue weighted by molar-refractivity contribution is 0.124. The Morgan fingerprint density at radius 3 is 2.77 bits per heavy atom. The Balaban J connectivity index is 1.24. The summed E-state index contributed by atoms with van der Waals surface area (Å²) in [5, 5.41) is 3.09. The first-order valence-corrected chi connectivity index (χ1v) is 11.0. The molecule has 2 amide bonds. The first-order valence-electron chi connectivity index (χ1n) is 9.82. The van der Waals surface area contributed by atoms with Crippen molar-refractivity contribution in [3.8, 4) is 5.75 Å². The summed E-state index contributed by atoms with van der Waals surface area (Å²) in [6.45, 7) is 6.84. The summed E-state index contributed by atoms with van der Waals surface area (Å²) in [5.41, 5.74) is 2.40. The van der Waals surface area contributed by atoms with Gasteiger partial charge < -0.3 is 15.0 Å². The minimum atomic E-state index is 0.0720. The van der Waals surface area contributed by atoms with Gasteiger partial charge in [-0.1, -0.05) is 12.1 Å². The lowest BCUT2D eigenvalue weighted by atomic mass is 10.0. The number of rotatable bonds is 3. The predicted octanol–water partition coefficient (Wildman–Crippen LogP) is 2.73. The van der Waals surface area contributed by atoms with Crippen molar-refractivity contribution in [2.75, 3.05) is 37.7 Å². The molecule has 0 bridgehead atoms. The van der Waals surface area contributed by atoms with Crippen molar-refractivity contribution < 1.29 is 9.53 Å². The van der Waals surface area contributed by atoms with Gasteiger partial charge in [0.2, 0.25) is 0 Å². The van der Waals surface area contributed by atoms with Gasteiger partial charge in [0.25, 0.3) is 0 Å². The highest BCUT2D eigenvalue weighted by Crippen LogP contribution is 2.29. The molecule has 3 aliphatic heterocycles. The van der Waals surface area contributed by atoms with E-state index in [9.17, 15) is 4.79 Å². The normalized spacial score (nSPS) is 24.2. The van der Waals surface area contributed by atoms with E-state index >= 15 is 0 Å². The standard InChI is InChI=1S/C20H29N3O2S/c1-15-12-17-13-16(2-3-19(17)25-15)14-21-20(24)23-6-4-18(5-7-23)22-8-10-26-11-9-22/h2-3,13,15,18H,4-12,14H2,1H3,(H,21,24)/t15-/m1/s1. The van der Waals surface area contributed by atoms with Crippen molar-refractivity contribution in [3.63, 3.8) is 0 Å². The summed E-state index contributed by atoms with van der Waals surface area (Å²) in [5.74, 6) is 3.50. The van der Waals surface area contributed by atoms with E-state index in [0.29, 0.717) is 12.6 Å². The Bertz CT molecular complexity index is 640. The monoisotopic (exact) mass is 375 g/mol. The minimum Gasteiger partial charge on any atom is -0.490 e. The highest BCUT2D eigenvalue weighted by Gasteiger charge is 2.27. The summed E-state index contributed by atoms with van der Waals surface area (Å²) in [6, 6.07) is 6.99. The number of piperidine rings is 1. The van der Waals surface area contributed by atoms with Gasteiger partial charge in [0.05, 0.1) is 0 Å². The molecule has 1 aromatic rings. The van der Waals surface area contributed by atoms with Crippen molar-refractivity contribution >= 4 is 17.8 Å². The molecule has 3 heterocycles. The molecule has 0 aliphatic carbocycles. The molecule has 1 atom stereocenters. The van der Waals surface area contributed by atoms with E-state index in [1.165, 1.54) is 30.2 Å². The second kappa shape index (κ2) is 8.09. The van der Waals surface area contributed by atoms with Crippen LogP contribution in [0.25, 0.3) is 0 Å². The fraction of sp³-hybridized carbons (Fsp3) is 0.650. The second-order valence-corrected chi connectivity index (χ2v) is 8.82. The van der Waals surface area contributed by atoms with Crippen LogP contribution in [-0.4, -0.2) is 65.7 Å². The molecule has 0 spiro atoms. The Hall–Kier alpha value is -1.40. The van der Waals surface area contributed by atoms with E-state index in [2.05, 4.69) is 41.0 Å². The molecule has 0 unspecified atom stereocenters. The number of nitrogens with one attached hydrogen (secondary N) is 1. The van der Waals surface area contributed by atoms with E-state index in [1.54, 1.807) is 0 Å². The van der Waals surface area contributed by atoms with Crippen LogP contribution < -0.4 is 10.1 Å². The zero-order valence-electron chi connectivity index (χ0n) is 15.6. The maximum absolute atomic E-state index is 12.5. The lowest BCUT2D eigenvalue weighted by Crippen LogP contribution is -2.51. The van der Waals surface area contributed by atoms with Crippen molar-refractivity contribution in [2.24, 2.45) is 0 Å². The van der Waals surface area contributed by atoms with Crippen LogP contribution in [0.1, 0.15) is 30.9 Å². The third-order valence-corrected chi connectivity index (χ3v) is 6.66. The van der Waals surface area contributed by atoms with Crippen LogP contribution in [0.4, 0.5) is 4.79 Å². The number of hydrogen-bond donors (Lipinski definition) is 1. The number of carbonyl (C=O) groups is 1. The van der Waals surface area contributed by atoms with E-state index in [0.717, 1.165) is 43.7 Å². The summed E-state index contributed by atoms with van der Waals surface area (Å²) in [7, 11) is 0. The Morgan fingerprint density at radius 1 is 1.23 bits per heavy atom. The molecule has 0 saturated carbocycles. The van der Waals surface area contributed by atoms with Gasteiger partial charge >= 0.3 is 6.03 Å². The summed E-state index contributed by atoms with van der Waals surface area (Å²) in [4.78, 5) is 17.1. The number of thioether (sulfide) groups is 1. The predicted molar refractivity (Wildman–Crippen MR) is 106 cm³/mol. The number of benzene rings is 1. The van der Waals surface area contributed by atoms with Crippen LogP contribution in [0.3, 0.4) is 0 Å². The molecule has 1 N–H and O–H groups in total. The van der Waals surface area contributed by atoms with E-state index < -0.39 is 0 Å². The third kappa shape index (κ3) is 4.12. The molecule has 0 radical (unpaired) electrons. The van der Waals surface area contributed by atoms with E-state index in [-0.39, 0.29) is 12.1 Å². The van der Waals surface area contributed by atoms with Gasteiger partial charge in [-0.05, 0) is 37.0 Å². The Kier molecular flexibility index (Phi) is 5.60. The molecule has 1 aromatic carbocycles. The summed E-state index contributed by atoms with van der Waals surface area (Å²) < 4.78 is 5.74. The van der Waals surface area contributed by atoms with Crippen molar-refractivity contribution in [2.45, 2.75) is 44.9 Å². The highest BCUT2D eigenvalue weighted by atomic mass is 32.2. The number of carbonyl (C=O) groups excluding carboxylic acids is 1. The van der Waals surface area contributed by atoms with Crippen LogP contribution in [0.15, 0.2) is 18.2 Å². The highest BCUT2D eigenvalue weighted by molar-refractivity contribution is 7.99. The first-order chi connectivity index (χ1) is 12.7. The number of likely N-dealkylation sites (tertiary alicyclic amines) is 1. The molecule has 2 fully saturated rings. The van der Waals surface area contributed by atoms with Gasteiger partial charge in [0, 0.05) is 56.7 Å². The van der Waals surface area contributed by atoms with Crippen molar-refractivity contribution in [1.29, 1.82) is 0 Å². The van der Waals surface area contributed by atoms with Gasteiger partial charge in [-0.15, -0.1) is 0 Å². The fourth-order valence-corrected chi connectivity index (χ4v) is 5.18. The molecule has 4 rings (SSSR count). The topological polar surface area (TPSA) is 44.8 Å². The lowest BCUT2D eigenvalue weighted by Gasteiger charge is -2.40. The van der Waals surface area contributed by atoms with E-state index in [1.807, 2.05) is 11.0 Å². The fourth-order valence-electron chi connectivity index (χ4n) is 4.25. The average molecular weight is 376 g/mol. The molecule has 5 nitrogen and oxygen atoms in total. The number of amides is 2. The van der Waals surface area contributed by atoms with Gasteiger partial charge in [-0.25, -0.2) is 4.79 Å². The van der Waals surface area contributed by atoms with Crippen molar-refractivity contribution in [3.05, 3.63) is 29.3 Å². The Morgan fingerprint density at radius 2 is 2.00 bits per heavy atom.